The van der Waals surface area contributed by atoms with E-state index in [-0.39, 0.29) is 0 Å². The van der Waals surface area contributed by atoms with Crippen molar-refractivity contribution in [2.45, 2.75) is 34.1 Å². The molecule has 24 heavy (non-hydrogen) atoms. The Kier molecular flexibility index (Phi) is 4.71. The van der Waals surface area contributed by atoms with Crippen LogP contribution >= 0.6 is 0 Å². The number of benzene rings is 3. The molecule has 1 nitrogen and oxygen atoms in total. The Morgan fingerprint density at radius 1 is 0.667 bits per heavy atom. The molecule has 0 spiro atoms. The Bertz CT molecular complexity index is 976. The average molecular weight is 315 g/mol. The van der Waals surface area contributed by atoms with E-state index >= 15 is 0 Å². The average Bonchev–Trinajstić information content (AvgIpc) is 3.22. The van der Waals surface area contributed by atoms with Crippen molar-refractivity contribution in [3.63, 3.8) is 0 Å². The van der Waals surface area contributed by atoms with Crippen molar-refractivity contribution in [2.75, 3.05) is 0 Å². The van der Waals surface area contributed by atoms with Crippen molar-refractivity contribution in [2.24, 2.45) is 0 Å². The highest BCUT2D eigenvalue weighted by molar-refractivity contribution is 6.15. The molecule has 0 radical (unpaired) electrons. The van der Waals surface area contributed by atoms with Crippen LogP contribution in [0.1, 0.15) is 38.8 Å². The lowest BCUT2D eigenvalue weighted by molar-refractivity contribution is 1.27. The summed E-state index contributed by atoms with van der Waals surface area (Å²) in [6.07, 6.45) is 1.06. The molecular weight excluding hydrogens is 290 g/mol. The molecule has 1 heteroatoms. The van der Waals surface area contributed by atoms with E-state index in [9.17, 15) is 0 Å². The number of para-hydroxylation sites is 1. The van der Waals surface area contributed by atoms with Crippen LogP contribution in [0.2, 0.25) is 0 Å². The fourth-order valence-corrected chi connectivity index (χ4v) is 3.56. The summed E-state index contributed by atoms with van der Waals surface area (Å²) in [4.78, 5) is 3.54. The van der Waals surface area contributed by atoms with Gasteiger partial charge in [0.2, 0.25) is 0 Å². The molecule has 4 aromatic rings. The molecule has 122 valence electrons. The lowest BCUT2D eigenvalue weighted by atomic mass is 9.99. The fraction of sp³-hybridized carbons (Fsp3) is 0.217. The molecule has 1 aromatic heterocycles. The summed E-state index contributed by atoms with van der Waals surface area (Å²) in [6, 6.07) is 21.9. The highest BCUT2D eigenvalue weighted by atomic mass is 14.7. The number of H-pyrrole nitrogens is 1. The van der Waals surface area contributed by atoms with Gasteiger partial charge >= 0.3 is 0 Å². The summed E-state index contributed by atoms with van der Waals surface area (Å²) in [5, 5.41) is 2.71. The molecule has 1 N–H and O–H groups in total. The molecule has 0 saturated carbocycles. The first-order valence-electron chi connectivity index (χ1n) is 9.02. The van der Waals surface area contributed by atoms with Gasteiger partial charge < -0.3 is 4.98 Å². The van der Waals surface area contributed by atoms with Gasteiger partial charge in [-0.3, -0.25) is 0 Å². The standard InChI is InChI=1S/C19H13N.2C2H6/c1-2-6-14-12(5-1)11-13-9-10-17-19(18(13)14)15-7-3-4-8-16(15)20-17;2*1-2/h1-10,20H,11H2;2*1-2H3. The van der Waals surface area contributed by atoms with Gasteiger partial charge in [0.15, 0.2) is 0 Å². The molecule has 0 aliphatic heterocycles. The monoisotopic (exact) mass is 315 g/mol. The second-order valence-corrected chi connectivity index (χ2v) is 5.53. The largest absolute Gasteiger partial charge is 0.354 e. The van der Waals surface area contributed by atoms with E-state index in [0.717, 1.165) is 6.42 Å². The first-order valence-corrected chi connectivity index (χ1v) is 9.02. The third-order valence-corrected chi connectivity index (χ3v) is 4.42. The molecule has 1 aliphatic rings. The zero-order valence-corrected chi connectivity index (χ0v) is 15.0. The Morgan fingerprint density at radius 3 is 2.21 bits per heavy atom. The summed E-state index contributed by atoms with van der Waals surface area (Å²) >= 11 is 0. The molecule has 0 fully saturated rings. The highest BCUT2D eigenvalue weighted by Crippen LogP contribution is 2.43. The van der Waals surface area contributed by atoms with Gasteiger partial charge in [0.25, 0.3) is 0 Å². The van der Waals surface area contributed by atoms with Gasteiger partial charge in [-0.1, -0.05) is 76.2 Å². The van der Waals surface area contributed by atoms with Crippen LogP contribution in [0.25, 0.3) is 32.9 Å². The third kappa shape index (κ3) is 2.41. The second kappa shape index (κ2) is 6.92. The normalized spacial score (nSPS) is 11.2. The maximum atomic E-state index is 3.54. The minimum absolute atomic E-state index is 1.06. The SMILES string of the molecule is CC.CC.c1ccc2c(c1)Cc1ccc3[nH]c4ccccc4c3c1-2. The molecule has 0 amide bonds. The fourth-order valence-electron chi connectivity index (χ4n) is 3.56. The molecular formula is C23H25N. The van der Waals surface area contributed by atoms with Crippen LogP contribution in [-0.2, 0) is 6.42 Å². The highest BCUT2D eigenvalue weighted by Gasteiger charge is 2.21. The third-order valence-electron chi connectivity index (χ3n) is 4.42. The van der Waals surface area contributed by atoms with Crippen molar-refractivity contribution in [3.8, 4) is 11.1 Å². The summed E-state index contributed by atoms with van der Waals surface area (Å²) in [5.74, 6) is 0. The predicted octanol–water partition coefficient (Wildman–Crippen LogP) is 6.94. The summed E-state index contributed by atoms with van der Waals surface area (Å²) < 4.78 is 0. The van der Waals surface area contributed by atoms with Crippen molar-refractivity contribution >= 4 is 21.8 Å². The molecule has 5 rings (SSSR count). The quantitative estimate of drug-likeness (QED) is 0.318. The first kappa shape index (κ1) is 16.3. The van der Waals surface area contributed by atoms with Gasteiger partial charge in [-0.25, -0.2) is 0 Å². The smallest absolute Gasteiger partial charge is 0.0471 e. The second-order valence-electron chi connectivity index (χ2n) is 5.53. The Labute approximate surface area is 144 Å². The van der Waals surface area contributed by atoms with Crippen LogP contribution in [0.5, 0.6) is 0 Å². The number of hydrogen-bond donors (Lipinski definition) is 1. The van der Waals surface area contributed by atoms with Crippen LogP contribution < -0.4 is 0 Å². The van der Waals surface area contributed by atoms with Crippen LogP contribution in [-0.4, -0.2) is 4.98 Å². The maximum Gasteiger partial charge on any atom is 0.0471 e. The van der Waals surface area contributed by atoms with E-state index in [2.05, 4.69) is 65.6 Å². The van der Waals surface area contributed by atoms with Gasteiger partial charge in [-0.05, 0) is 40.8 Å². The molecule has 1 heterocycles. The summed E-state index contributed by atoms with van der Waals surface area (Å²) in [6.45, 7) is 8.00. The number of hydrogen-bond acceptors (Lipinski definition) is 0. The lowest BCUT2D eigenvalue weighted by Crippen LogP contribution is -1.80. The van der Waals surface area contributed by atoms with E-state index in [1.807, 2.05) is 27.7 Å². The number of fused-ring (bicyclic) bond motifs is 7. The molecule has 1 aliphatic carbocycles. The molecule has 0 unspecified atom stereocenters. The number of aromatic amines is 1. The minimum Gasteiger partial charge on any atom is -0.354 e. The van der Waals surface area contributed by atoms with Crippen LogP contribution in [0.4, 0.5) is 0 Å². The Morgan fingerprint density at radius 2 is 1.38 bits per heavy atom. The molecule has 0 atom stereocenters. The van der Waals surface area contributed by atoms with Gasteiger partial charge in [0.1, 0.15) is 0 Å². The van der Waals surface area contributed by atoms with E-state index in [1.54, 1.807) is 0 Å². The van der Waals surface area contributed by atoms with Crippen LogP contribution in [0, 0.1) is 0 Å². The van der Waals surface area contributed by atoms with E-state index < -0.39 is 0 Å². The van der Waals surface area contributed by atoms with Crippen LogP contribution in [0.15, 0.2) is 60.7 Å². The van der Waals surface area contributed by atoms with Crippen molar-refractivity contribution in [1.82, 2.24) is 4.98 Å². The first-order chi connectivity index (χ1) is 11.9. The van der Waals surface area contributed by atoms with Gasteiger partial charge in [0, 0.05) is 21.8 Å². The molecule has 0 saturated heterocycles. The minimum atomic E-state index is 1.06. The van der Waals surface area contributed by atoms with Crippen molar-refractivity contribution in [3.05, 3.63) is 71.8 Å². The topological polar surface area (TPSA) is 15.8 Å². The molecule has 3 aromatic carbocycles. The summed E-state index contributed by atoms with van der Waals surface area (Å²) in [7, 11) is 0. The molecule has 0 bridgehead atoms. The van der Waals surface area contributed by atoms with Crippen molar-refractivity contribution < 1.29 is 0 Å². The Hall–Kier alpha value is -2.54. The van der Waals surface area contributed by atoms with Gasteiger partial charge in [0.05, 0.1) is 0 Å². The zero-order chi connectivity index (χ0) is 17.1. The van der Waals surface area contributed by atoms with Gasteiger partial charge in [-0.2, -0.15) is 0 Å². The Balaban J connectivity index is 0.000000396. The van der Waals surface area contributed by atoms with E-state index in [1.165, 1.54) is 44.1 Å². The zero-order valence-electron chi connectivity index (χ0n) is 15.0. The van der Waals surface area contributed by atoms with E-state index in [0.29, 0.717) is 0 Å². The lowest BCUT2D eigenvalue weighted by Gasteiger charge is -2.03. The van der Waals surface area contributed by atoms with E-state index in [4.69, 9.17) is 0 Å². The number of rotatable bonds is 0. The summed E-state index contributed by atoms with van der Waals surface area (Å²) in [5.41, 5.74) is 8.18. The van der Waals surface area contributed by atoms with Crippen molar-refractivity contribution in [1.29, 1.82) is 0 Å². The van der Waals surface area contributed by atoms with Gasteiger partial charge in [-0.15, -0.1) is 0 Å². The number of nitrogens with one attached hydrogen (secondary N) is 1. The maximum absolute atomic E-state index is 3.54. The van der Waals surface area contributed by atoms with Crippen LogP contribution in [0.3, 0.4) is 0 Å². The predicted molar refractivity (Wildman–Crippen MR) is 107 cm³/mol. The number of aromatic nitrogens is 1.